The van der Waals surface area contributed by atoms with Crippen LogP contribution in [-0.2, 0) is 0 Å². The minimum Gasteiger partial charge on any atom is -0.309 e. The van der Waals surface area contributed by atoms with E-state index in [1.807, 2.05) is 30.3 Å². The molecule has 0 atom stereocenters. The second-order valence-electron chi connectivity index (χ2n) is 12.0. The normalized spacial score (nSPS) is 13.8. The summed E-state index contributed by atoms with van der Waals surface area (Å²) >= 11 is 1.42. The van der Waals surface area contributed by atoms with Gasteiger partial charge in [0.05, 0.1) is 37.9 Å². The predicted octanol–water partition coefficient (Wildman–Crippen LogP) is 12.6. The first-order valence-corrected chi connectivity index (χ1v) is 17.0. The Morgan fingerprint density at radius 1 is 0.500 bits per heavy atom. The maximum Gasteiger partial charge on any atom is 0.116 e. The molecule has 0 spiro atoms. The van der Waals surface area contributed by atoms with Gasteiger partial charge in [0.15, 0.2) is 0 Å². The fourth-order valence-electron chi connectivity index (χ4n) is 6.76. The molecule has 0 amide bonds. The zero-order chi connectivity index (χ0) is 40.0. The van der Waals surface area contributed by atoms with Crippen LogP contribution in [0.25, 0.3) is 92.4 Å². The Morgan fingerprint density at radius 2 is 1.20 bits per heavy atom. The molecule has 0 bridgehead atoms. The van der Waals surface area contributed by atoms with E-state index in [1.54, 1.807) is 24.3 Å². The van der Waals surface area contributed by atoms with Gasteiger partial charge in [-0.25, -0.2) is 9.97 Å². The molecule has 0 fully saturated rings. The van der Waals surface area contributed by atoms with Gasteiger partial charge in [0.1, 0.15) is 6.33 Å². The van der Waals surface area contributed by atoms with Crippen molar-refractivity contribution in [2.24, 2.45) is 0 Å². The van der Waals surface area contributed by atoms with Crippen molar-refractivity contribution < 1.29 is 11.0 Å². The van der Waals surface area contributed by atoms with Gasteiger partial charge in [-0.2, -0.15) is 0 Å². The summed E-state index contributed by atoms with van der Waals surface area (Å²) in [4.78, 5) is 9.29. The zero-order valence-corrected chi connectivity index (χ0v) is 27.2. The Balaban J connectivity index is 1.12. The van der Waals surface area contributed by atoms with Crippen molar-refractivity contribution in [3.63, 3.8) is 0 Å². The molecule has 10 rings (SSSR count). The fraction of sp³-hybridized carbons (Fsp3) is 0. The van der Waals surface area contributed by atoms with E-state index in [4.69, 9.17) is 9.60 Å². The molecule has 0 saturated heterocycles. The molecule has 0 aliphatic heterocycles. The first-order valence-electron chi connectivity index (χ1n) is 20.2. The maximum atomic E-state index is 9.62. The summed E-state index contributed by atoms with van der Waals surface area (Å²) in [5, 5.41) is 1.64. The van der Waals surface area contributed by atoms with Crippen molar-refractivity contribution in [3.8, 4) is 50.3 Å². The Hall–Kier alpha value is -6.36. The largest absolute Gasteiger partial charge is 0.309 e. The quantitative estimate of drug-likeness (QED) is 0.183. The topological polar surface area (TPSA) is 30.7 Å². The molecular weight excluding hydrogens is 627 g/mol. The van der Waals surface area contributed by atoms with E-state index in [9.17, 15) is 1.37 Å². The second kappa shape index (κ2) is 11.7. The van der Waals surface area contributed by atoms with Gasteiger partial charge in [0.2, 0.25) is 0 Å². The SMILES string of the molecule is [2H]c1c([2H])c(-c2ncnc3c2sc2ccc(-c4cccc(-c5ccc(-c6ccccc6)cc5)c4)cc23)c([2H])c(-n2c3ccccc3c3c([2H])c([2H])c([2H])c([2H])c32)c1[2H]. The number of benzene rings is 7. The summed E-state index contributed by atoms with van der Waals surface area (Å²) in [5.74, 6) is 0. The number of thiophene rings is 1. The molecular formula is C46H29N3S. The molecule has 0 N–H and O–H groups in total. The summed E-state index contributed by atoms with van der Waals surface area (Å²) in [6.07, 6.45) is 1.39. The molecule has 10 aromatic rings. The molecule has 3 nitrogen and oxygen atoms in total. The van der Waals surface area contributed by atoms with Crippen LogP contribution in [0, 0.1) is 0 Å². The molecule has 0 unspecified atom stereocenters. The summed E-state index contributed by atoms with van der Waals surface area (Å²) in [7, 11) is 0. The van der Waals surface area contributed by atoms with Crippen molar-refractivity contribution in [2.45, 2.75) is 0 Å². The number of fused-ring (bicyclic) bond motifs is 6. The highest BCUT2D eigenvalue weighted by Crippen LogP contribution is 2.41. The number of para-hydroxylation sites is 2. The van der Waals surface area contributed by atoms with Gasteiger partial charge in [-0.15, -0.1) is 11.3 Å². The molecule has 234 valence electrons. The molecule has 0 aliphatic rings. The third kappa shape index (κ3) is 4.73. The van der Waals surface area contributed by atoms with Crippen LogP contribution in [0.5, 0.6) is 0 Å². The lowest BCUT2D eigenvalue weighted by Gasteiger charge is -2.10. The van der Waals surface area contributed by atoms with Gasteiger partial charge in [-0.3, -0.25) is 0 Å². The lowest BCUT2D eigenvalue weighted by atomic mass is 9.96. The second-order valence-corrected chi connectivity index (χ2v) is 13.1. The van der Waals surface area contributed by atoms with Gasteiger partial charge >= 0.3 is 0 Å². The third-order valence-electron chi connectivity index (χ3n) is 9.15. The van der Waals surface area contributed by atoms with Crippen molar-refractivity contribution in [1.82, 2.24) is 14.5 Å². The van der Waals surface area contributed by atoms with E-state index < -0.39 is 24.2 Å². The van der Waals surface area contributed by atoms with E-state index in [0.29, 0.717) is 21.1 Å². The number of nitrogens with zero attached hydrogens (tertiary/aromatic N) is 3. The monoisotopic (exact) mass is 663 g/mol. The van der Waals surface area contributed by atoms with Gasteiger partial charge in [-0.1, -0.05) is 127 Å². The van der Waals surface area contributed by atoms with Crippen molar-refractivity contribution in [2.75, 3.05) is 0 Å². The maximum absolute atomic E-state index is 9.62. The number of rotatable bonds is 5. The first-order chi connectivity index (χ1) is 28.1. The highest BCUT2D eigenvalue weighted by Gasteiger charge is 2.16. The molecule has 3 heterocycles. The van der Waals surface area contributed by atoms with Crippen LogP contribution in [0.1, 0.15) is 11.0 Å². The Morgan fingerprint density at radius 3 is 2.08 bits per heavy atom. The van der Waals surface area contributed by atoms with E-state index >= 15 is 0 Å². The number of hydrogen-bond acceptors (Lipinski definition) is 3. The summed E-state index contributed by atoms with van der Waals surface area (Å²) in [5.41, 5.74) is 7.94. The highest BCUT2D eigenvalue weighted by atomic mass is 32.1. The van der Waals surface area contributed by atoms with Gasteiger partial charge in [0, 0.05) is 32.1 Å². The predicted molar refractivity (Wildman–Crippen MR) is 211 cm³/mol. The van der Waals surface area contributed by atoms with E-state index in [2.05, 4.69) is 76.7 Å². The van der Waals surface area contributed by atoms with Gasteiger partial charge in [-0.05, 0) is 75.8 Å². The zero-order valence-electron chi connectivity index (χ0n) is 34.4. The Kier molecular flexibility index (Phi) is 5.03. The molecule has 0 saturated carbocycles. The molecule has 0 aliphatic carbocycles. The van der Waals surface area contributed by atoms with Crippen LogP contribution in [0.4, 0.5) is 0 Å². The van der Waals surface area contributed by atoms with Gasteiger partial charge < -0.3 is 4.57 Å². The average molecular weight is 664 g/mol. The number of aromatic nitrogens is 3. The van der Waals surface area contributed by atoms with E-state index in [0.717, 1.165) is 37.9 Å². The van der Waals surface area contributed by atoms with Crippen molar-refractivity contribution in [1.29, 1.82) is 0 Å². The van der Waals surface area contributed by atoms with Crippen LogP contribution in [0.2, 0.25) is 0 Å². The smallest absolute Gasteiger partial charge is 0.116 e. The Bertz CT molecular complexity index is 3320. The Labute approximate surface area is 304 Å². The third-order valence-corrected chi connectivity index (χ3v) is 10.3. The standard InChI is InChI=1S/C46H29N3S/c1-2-10-30(11-3-1)31-20-22-32(23-21-31)33-12-8-13-34(26-33)35-24-25-43-40(28-35)45-46(50-43)44(47-29-48-45)36-14-9-15-37(27-36)49-41-18-6-4-16-38(41)39-17-5-7-19-42(39)49/h1-29H/i4D,6D,9D,14D,15D,16D,18D,27D. The van der Waals surface area contributed by atoms with Crippen LogP contribution < -0.4 is 0 Å². The van der Waals surface area contributed by atoms with Crippen molar-refractivity contribution >= 4 is 53.4 Å². The molecule has 7 aromatic carbocycles. The summed E-state index contributed by atoms with van der Waals surface area (Å²) in [6.45, 7) is 0. The summed E-state index contributed by atoms with van der Waals surface area (Å²) in [6, 6.07) is 37.5. The number of hydrogen-bond donors (Lipinski definition) is 0. The minimum atomic E-state index is -0.450. The van der Waals surface area contributed by atoms with E-state index in [1.165, 1.54) is 27.8 Å². The fourth-order valence-corrected chi connectivity index (χ4v) is 7.90. The molecule has 4 heteroatoms. The first kappa shape index (κ1) is 21.6. The van der Waals surface area contributed by atoms with Crippen LogP contribution >= 0.6 is 11.3 Å². The lowest BCUT2D eigenvalue weighted by Crippen LogP contribution is -1.95. The lowest BCUT2D eigenvalue weighted by molar-refractivity contribution is 1.18. The van der Waals surface area contributed by atoms with Crippen LogP contribution in [0.3, 0.4) is 0 Å². The molecule has 3 aromatic heterocycles. The van der Waals surface area contributed by atoms with Gasteiger partial charge in [0.25, 0.3) is 0 Å². The summed E-state index contributed by atoms with van der Waals surface area (Å²) < 4.78 is 74.3. The van der Waals surface area contributed by atoms with Crippen LogP contribution in [-0.4, -0.2) is 14.5 Å². The van der Waals surface area contributed by atoms with Crippen LogP contribution in [0.15, 0.2) is 176 Å². The average Bonchev–Trinajstić information content (AvgIpc) is 3.81. The van der Waals surface area contributed by atoms with Crippen molar-refractivity contribution in [3.05, 3.63) is 176 Å². The minimum absolute atomic E-state index is 0.0351. The van der Waals surface area contributed by atoms with E-state index in [-0.39, 0.29) is 52.0 Å². The molecule has 0 radical (unpaired) electrons. The highest BCUT2D eigenvalue weighted by molar-refractivity contribution is 7.26. The molecule has 50 heavy (non-hydrogen) atoms.